The zero-order chi connectivity index (χ0) is 16.5. The van der Waals surface area contributed by atoms with Gasteiger partial charge < -0.3 is 25.3 Å². The predicted octanol–water partition coefficient (Wildman–Crippen LogP) is 2.20. The number of carbonyl (C=O) groups is 1. The molecule has 0 aliphatic rings. The van der Waals surface area contributed by atoms with Gasteiger partial charge >= 0.3 is 6.61 Å². The van der Waals surface area contributed by atoms with E-state index in [1.807, 2.05) is 0 Å². The van der Waals surface area contributed by atoms with Gasteiger partial charge in [0, 0.05) is 12.1 Å². The van der Waals surface area contributed by atoms with Gasteiger partial charge in [-0.3, -0.25) is 4.79 Å². The Morgan fingerprint density at radius 1 is 1.22 bits per heavy atom. The molecule has 0 aromatic heterocycles. The Hall–Kier alpha value is -1.80. The highest BCUT2D eigenvalue weighted by molar-refractivity contribution is 5.95. The molecule has 0 spiro atoms. The molecule has 0 bridgehead atoms. The largest absolute Gasteiger partial charge is 0.493 e. The van der Waals surface area contributed by atoms with Crippen molar-refractivity contribution in [2.24, 2.45) is 5.73 Å². The van der Waals surface area contributed by atoms with Crippen LogP contribution >= 0.6 is 12.4 Å². The first-order chi connectivity index (χ1) is 10.5. The van der Waals surface area contributed by atoms with Crippen LogP contribution in [0, 0.1) is 0 Å². The van der Waals surface area contributed by atoms with Gasteiger partial charge in [0.2, 0.25) is 5.75 Å². The fraction of sp³-hybridized carbons (Fsp3) is 0.500. The van der Waals surface area contributed by atoms with Gasteiger partial charge in [0.15, 0.2) is 11.5 Å². The molecule has 6 nitrogen and oxygen atoms in total. The monoisotopic (exact) mass is 354 g/mol. The van der Waals surface area contributed by atoms with Crippen molar-refractivity contribution in [3.63, 3.8) is 0 Å². The van der Waals surface area contributed by atoms with Crippen molar-refractivity contribution in [1.82, 2.24) is 5.32 Å². The number of unbranched alkanes of at least 4 members (excludes halogenated alkanes) is 1. The number of ether oxygens (including phenoxy) is 3. The molecule has 23 heavy (non-hydrogen) atoms. The minimum Gasteiger partial charge on any atom is -0.493 e. The fourth-order valence-electron chi connectivity index (χ4n) is 1.79. The van der Waals surface area contributed by atoms with E-state index in [1.54, 1.807) is 0 Å². The molecule has 0 saturated carbocycles. The van der Waals surface area contributed by atoms with Crippen LogP contribution in [-0.4, -0.2) is 39.8 Å². The quantitative estimate of drug-likeness (QED) is 0.664. The molecule has 0 heterocycles. The van der Waals surface area contributed by atoms with Crippen molar-refractivity contribution in [3.8, 4) is 17.2 Å². The highest BCUT2D eigenvalue weighted by Crippen LogP contribution is 2.39. The summed E-state index contributed by atoms with van der Waals surface area (Å²) in [6.45, 7) is -2.01. The first kappa shape index (κ1) is 21.2. The van der Waals surface area contributed by atoms with Crippen LogP contribution in [-0.2, 0) is 0 Å². The number of alkyl halides is 2. The third-order valence-corrected chi connectivity index (χ3v) is 2.85. The fourth-order valence-corrected chi connectivity index (χ4v) is 1.79. The van der Waals surface area contributed by atoms with E-state index >= 15 is 0 Å². The SMILES string of the molecule is COc1cc(C(=O)NCCCCN)cc(OC)c1OC(F)F.Cl. The molecule has 0 unspecified atom stereocenters. The third kappa shape index (κ3) is 6.45. The summed E-state index contributed by atoms with van der Waals surface area (Å²) in [6.07, 6.45) is 1.55. The molecule has 0 atom stereocenters. The van der Waals surface area contributed by atoms with Crippen molar-refractivity contribution in [3.05, 3.63) is 17.7 Å². The molecule has 1 rings (SSSR count). The Morgan fingerprint density at radius 2 is 1.78 bits per heavy atom. The van der Waals surface area contributed by atoms with Crippen molar-refractivity contribution in [1.29, 1.82) is 0 Å². The van der Waals surface area contributed by atoms with Gasteiger partial charge in [-0.2, -0.15) is 8.78 Å². The summed E-state index contributed by atoms with van der Waals surface area (Å²) >= 11 is 0. The van der Waals surface area contributed by atoms with Gasteiger partial charge in [0.1, 0.15) is 0 Å². The van der Waals surface area contributed by atoms with E-state index in [0.29, 0.717) is 13.1 Å². The smallest absolute Gasteiger partial charge is 0.387 e. The van der Waals surface area contributed by atoms with E-state index in [4.69, 9.17) is 15.2 Å². The molecule has 1 aromatic carbocycles. The molecule has 0 radical (unpaired) electrons. The maximum absolute atomic E-state index is 12.4. The van der Waals surface area contributed by atoms with Crippen LogP contribution in [0.25, 0.3) is 0 Å². The van der Waals surface area contributed by atoms with Gasteiger partial charge in [0.25, 0.3) is 5.91 Å². The molecule has 1 aromatic rings. The number of nitrogens with two attached hydrogens (primary N) is 1. The number of amides is 1. The minimum atomic E-state index is -3.03. The number of hydrogen-bond acceptors (Lipinski definition) is 5. The van der Waals surface area contributed by atoms with Gasteiger partial charge in [-0.05, 0) is 31.5 Å². The second-order valence-corrected chi connectivity index (χ2v) is 4.34. The van der Waals surface area contributed by atoms with E-state index < -0.39 is 6.61 Å². The van der Waals surface area contributed by atoms with Gasteiger partial charge in [-0.15, -0.1) is 12.4 Å². The van der Waals surface area contributed by atoms with Crippen molar-refractivity contribution in [2.75, 3.05) is 27.3 Å². The Labute approximate surface area is 139 Å². The predicted molar refractivity (Wildman–Crippen MR) is 84.0 cm³/mol. The van der Waals surface area contributed by atoms with Crippen LogP contribution in [0.2, 0.25) is 0 Å². The van der Waals surface area contributed by atoms with Crippen molar-refractivity contribution < 1.29 is 27.8 Å². The average molecular weight is 355 g/mol. The number of benzene rings is 1. The molecular formula is C14H21ClF2N2O4. The highest BCUT2D eigenvalue weighted by atomic mass is 35.5. The number of halogens is 3. The summed E-state index contributed by atoms with van der Waals surface area (Å²) in [5.41, 5.74) is 5.59. The van der Waals surface area contributed by atoms with E-state index in [0.717, 1.165) is 12.8 Å². The normalized spacial score (nSPS) is 10.0. The summed E-state index contributed by atoms with van der Waals surface area (Å²) in [5, 5.41) is 2.70. The summed E-state index contributed by atoms with van der Waals surface area (Å²) in [7, 11) is 2.58. The number of methoxy groups -OCH3 is 2. The zero-order valence-electron chi connectivity index (χ0n) is 12.9. The lowest BCUT2D eigenvalue weighted by atomic mass is 10.1. The lowest BCUT2D eigenvalue weighted by Gasteiger charge is -2.15. The second kappa shape index (κ2) is 10.8. The van der Waals surface area contributed by atoms with Crippen molar-refractivity contribution >= 4 is 18.3 Å². The molecule has 9 heteroatoms. The van der Waals surface area contributed by atoms with Crippen LogP contribution in [0.4, 0.5) is 8.78 Å². The third-order valence-electron chi connectivity index (χ3n) is 2.85. The van der Waals surface area contributed by atoms with Crippen molar-refractivity contribution in [2.45, 2.75) is 19.5 Å². The standard InChI is InChI=1S/C14H20F2N2O4.ClH/c1-20-10-7-9(13(19)18-6-4-3-5-17)8-11(21-2)12(10)22-14(15)16;/h7-8,14H,3-6,17H2,1-2H3,(H,18,19);1H. The number of carbonyl (C=O) groups excluding carboxylic acids is 1. The lowest BCUT2D eigenvalue weighted by Crippen LogP contribution is -2.25. The molecule has 1 amide bonds. The Balaban J connectivity index is 0.00000484. The summed E-state index contributed by atoms with van der Waals surface area (Å²) in [6, 6.07) is 2.64. The van der Waals surface area contributed by atoms with E-state index in [-0.39, 0.29) is 41.1 Å². The van der Waals surface area contributed by atoms with Crippen LogP contribution < -0.4 is 25.3 Å². The van der Waals surface area contributed by atoms with Crippen LogP contribution in [0.5, 0.6) is 17.2 Å². The minimum absolute atomic E-state index is 0. The summed E-state index contributed by atoms with van der Waals surface area (Å²) in [4.78, 5) is 12.0. The molecular weight excluding hydrogens is 334 g/mol. The van der Waals surface area contributed by atoms with E-state index in [9.17, 15) is 13.6 Å². The number of nitrogens with one attached hydrogen (secondary N) is 1. The second-order valence-electron chi connectivity index (χ2n) is 4.34. The lowest BCUT2D eigenvalue weighted by molar-refractivity contribution is -0.0526. The van der Waals surface area contributed by atoms with Gasteiger partial charge in [-0.1, -0.05) is 0 Å². The first-order valence-electron chi connectivity index (χ1n) is 6.72. The number of hydrogen-bond donors (Lipinski definition) is 2. The summed E-state index contributed by atoms with van der Waals surface area (Å²) < 4.78 is 39.2. The van der Waals surface area contributed by atoms with E-state index in [2.05, 4.69) is 10.1 Å². The highest BCUT2D eigenvalue weighted by Gasteiger charge is 2.20. The van der Waals surface area contributed by atoms with E-state index in [1.165, 1.54) is 26.4 Å². The van der Waals surface area contributed by atoms with Crippen LogP contribution in [0.15, 0.2) is 12.1 Å². The molecule has 0 aliphatic carbocycles. The Bertz CT molecular complexity index is 479. The van der Waals surface area contributed by atoms with Crippen LogP contribution in [0.1, 0.15) is 23.2 Å². The first-order valence-corrected chi connectivity index (χ1v) is 6.72. The Kier molecular flexibility index (Phi) is 10.00. The summed E-state index contributed by atoms with van der Waals surface area (Å²) in [5.74, 6) is -0.629. The Morgan fingerprint density at radius 3 is 2.22 bits per heavy atom. The average Bonchev–Trinajstić information content (AvgIpc) is 2.50. The molecule has 0 fully saturated rings. The van der Waals surface area contributed by atoms with Gasteiger partial charge in [0.05, 0.1) is 14.2 Å². The topological polar surface area (TPSA) is 82.8 Å². The van der Waals surface area contributed by atoms with Crippen LogP contribution in [0.3, 0.4) is 0 Å². The van der Waals surface area contributed by atoms with Gasteiger partial charge in [-0.25, -0.2) is 0 Å². The maximum atomic E-state index is 12.4. The molecule has 132 valence electrons. The molecule has 0 aliphatic heterocycles. The number of rotatable bonds is 9. The zero-order valence-corrected chi connectivity index (χ0v) is 13.8. The molecule has 0 saturated heterocycles. The molecule has 3 N–H and O–H groups in total. The maximum Gasteiger partial charge on any atom is 0.387 e.